The lowest BCUT2D eigenvalue weighted by atomic mass is 10.4. The molecular weight excluding hydrogens is 195 g/mol. The Hall–Kier alpha value is -1.20. The quantitative estimate of drug-likeness (QED) is 0.534. The van der Waals surface area contributed by atoms with Crippen molar-refractivity contribution in [2.24, 2.45) is 9.98 Å². The second-order valence-corrected chi connectivity index (χ2v) is 2.90. The molecule has 0 heterocycles. The second kappa shape index (κ2) is 4.88. The molecule has 0 saturated heterocycles. The number of hydrogen-bond donors (Lipinski definition) is 1. The van der Waals surface area contributed by atoms with E-state index >= 15 is 0 Å². The summed E-state index contributed by atoms with van der Waals surface area (Å²) >= 11 is 0. The molecular formula is C8H12F3N3. The molecule has 0 aromatic heterocycles. The molecule has 0 atom stereocenters. The second-order valence-electron chi connectivity index (χ2n) is 2.90. The fourth-order valence-corrected chi connectivity index (χ4v) is 0.642. The number of aliphatic imine (C=N–C) groups is 2. The van der Waals surface area contributed by atoms with E-state index in [4.69, 9.17) is 5.41 Å². The predicted molar refractivity (Wildman–Crippen MR) is 50.5 cm³/mol. The van der Waals surface area contributed by atoms with Crippen molar-refractivity contribution in [3.63, 3.8) is 0 Å². The fourth-order valence-electron chi connectivity index (χ4n) is 0.642. The minimum atomic E-state index is -4.59. The first kappa shape index (κ1) is 12.8. The van der Waals surface area contributed by atoms with E-state index in [2.05, 4.69) is 9.98 Å². The van der Waals surface area contributed by atoms with Crippen molar-refractivity contribution < 1.29 is 13.2 Å². The third-order valence-electron chi connectivity index (χ3n) is 1.19. The molecule has 0 bridgehead atoms. The van der Waals surface area contributed by atoms with Gasteiger partial charge in [-0.15, -0.1) is 0 Å². The highest BCUT2D eigenvalue weighted by Gasteiger charge is 2.33. The van der Waals surface area contributed by atoms with Crippen molar-refractivity contribution in [3.05, 3.63) is 0 Å². The summed E-state index contributed by atoms with van der Waals surface area (Å²) in [5.74, 6) is 0.249. The lowest BCUT2D eigenvalue weighted by molar-refractivity contribution is -0.0603. The molecule has 6 heteroatoms. The highest BCUT2D eigenvalue weighted by atomic mass is 19.4. The van der Waals surface area contributed by atoms with Gasteiger partial charge in [0.25, 0.3) is 0 Å². The summed E-state index contributed by atoms with van der Waals surface area (Å²) in [4.78, 5) is 7.35. The van der Waals surface area contributed by atoms with Gasteiger partial charge >= 0.3 is 6.18 Å². The zero-order valence-electron chi connectivity index (χ0n) is 8.24. The minimum absolute atomic E-state index is 0.249. The van der Waals surface area contributed by atoms with Crippen LogP contribution in [0.1, 0.15) is 20.8 Å². The number of nitrogens with zero attached hydrogens (tertiary/aromatic N) is 2. The molecule has 0 aliphatic carbocycles. The zero-order valence-corrected chi connectivity index (χ0v) is 8.24. The van der Waals surface area contributed by atoms with Crippen LogP contribution in [0.2, 0.25) is 0 Å². The number of amidine groups is 1. The highest BCUT2D eigenvalue weighted by Crippen LogP contribution is 2.16. The summed E-state index contributed by atoms with van der Waals surface area (Å²) in [5, 5.41) is 6.64. The maximum atomic E-state index is 11.8. The van der Waals surface area contributed by atoms with Gasteiger partial charge in [-0.3, -0.25) is 10.4 Å². The number of hydrogen-bond acceptors (Lipinski definition) is 2. The van der Waals surface area contributed by atoms with Crippen molar-refractivity contribution >= 4 is 17.3 Å². The van der Waals surface area contributed by atoms with Crippen LogP contribution in [0.25, 0.3) is 0 Å². The molecule has 80 valence electrons. The van der Waals surface area contributed by atoms with Gasteiger partial charge in [0.05, 0.1) is 6.54 Å². The maximum absolute atomic E-state index is 11.8. The van der Waals surface area contributed by atoms with Gasteiger partial charge in [0.2, 0.25) is 0 Å². The Kier molecular flexibility index (Phi) is 4.46. The van der Waals surface area contributed by atoms with Crippen molar-refractivity contribution in [1.29, 1.82) is 5.41 Å². The molecule has 14 heavy (non-hydrogen) atoms. The third kappa shape index (κ3) is 5.45. The molecule has 0 aromatic rings. The molecule has 0 rings (SSSR count). The van der Waals surface area contributed by atoms with Crippen LogP contribution in [0.5, 0.6) is 0 Å². The van der Waals surface area contributed by atoms with E-state index in [1.54, 1.807) is 13.8 Å². The number of nitrogens with one attached hydrogen (secondary N) is 1. The Morgan fingerprint density at radius 2 is 1.71 bits per heavy atom. The van der Waals surface area contributed by atoms with Gasteiger partial charge < -0.3 is 0 Å². The van der Waals surface area contributed by atoms with Gasteiger partial charge in [-0.25, -0.2) is 4.99 Å². The average molecular weight is 207 g/mol. The molecule has 0 aliphatic rings. The highest BCUT2D eigenvalue weighted by molar-refractivity contribution is 5.96. The monoisotopic (exact) mass is 207 g/mol. The first-order valence-corrected chi connectivity index (χ1v) is 3.91. The molecule has 1 N–H and O–H groups in total. The van der Waals surface area contributed by atoms with Gasteiger partial charge in [0, 0.05) is 5.71 Å². The largest absolute Gasteiger partial charge is 0.430 e. The first-order chi connectivity index (χ1) is 6.23. The Balaban J connectivity index is 4.31. The SMILES string of the molecule is CC(C)=NC(C)=NCC(=N)C(F)(F)F. The van der Waals surface area contributed by atoms with Gasteiger partial charge in [-0.2, -0.15) is 13.2 Å². The van der Waals surface area contributed by atoms with E-state index in [-0.39, 0.29) is 5.84 Å². The predicted octanol–water partition coefficient (Wildman–Crippen LogP) is 2.47. The number of halogens is 3. The van der Waals surface area contributed by atoms with Crippen molar-refractivity contribution in [1.82, 2.24) is 0 Å². The molecule has 0 saturated carbocycles. The van der Waals surface area contributed by atoms with Crippen LogP contribution in [-0.2, 0) is 0 Å². The van der Waals surface area contributed by atoms with Gasteiger partial charge in [0.15, 0.2) is 0 Å². The lowest BCUT2D eigenvalue weighted by Gasteiger charge is -2.04. The summed E-state index contributed by atoms with van der Waals surface area (Å²) in [6, 6.07) is 0. The van der Waals surface area contributed by atoms with Gasteiger partial charge in [-0.1, -0.05) is 0 Å². The molecule has 0 amide bonds. The van der Waals surface area contributed by atoms with E-state index in [1.807, 2.05) is 0 Å². The van der Waals surface area contributed by atoms with Crippen molar-refractivity contribution in [2.45, 2.75) is 26.9 Å². The normalized spacial score (nSPS) is 12.6. The van der Waals surface area contributed by atoms with Crippen LogP contribution in [0, 0.1) is 5.41 Å². The summed E-state index contributed by atoms with van der Waals surface area (Å²) in [6.45, 7) is 4.25. The molecule has 0 radical (unpaired) electrons. The van der Waals surface area contributed by atoms with E-state index < -0.39 is 18.4 Å². The molecule has 0 fully saturated rings. The Labute approximate surface area is 80.3 Å². The van der Waals surface area contributed by atoms with Crippen LogP contribution < -0.4 is 0 Å². The molecule has 3 nitrogen and oxygen atoms in total. The smallest absolute Gasteiger partial charge is 0.299 e. The van der Waals surface area contributed by atoms with E-state index in [1.165, 1.54) is 6.92 Å². The van der Waals surface area contributed by atoms with Gasteiger partial charge in [-0.05, 0) is 20.8 Å². The molecule has 0 aromatic carbocycles. The Morgan fingerprint density at radius 3 is 2.07 bits per heavy atom. The topological polar surface area (TPSA) is 48.6 Å². The van der Waals surface area contributed by atoms with E-state index in [0.29, 0.717) is 5.71 Å². The first-order valence-electron chi connectivity index (χ1n) is 3.91. The lowest BCUT2D eigenvalue weighted by Crippen LogP contribution is -2.24. The summed E-state index contributed by atoms with van der Waals surface area (Å²) in [5.41, 5.74) is -0.648. The van der Waals surface area contributed by atoms with E-state index in [0.717, 1.165) is 0 Å². The van der Waals surface area contributed by atoms with Crippen LogP contribution in [-0.4, -0.2) is 30.0 Å². The van der Waals surface area contributed by atoms with Crippen LogP contribution in [0.3, 0.4) is 0 Å². The fraction of sp³-hybridized carbons (Fsp3) is 0.625. The molecule has 0 spiro atoms. The summed E-state index contributed by atoms with van der Waals surface area (Å²) < 4.78 is 35.5. The van der Waals surface area contributed by atoms with Crippen LogP contribution >= 0.6 is 0 Å². The van der Waals surface area contributed by atoms with Crippen molar-refractivity contribution in [3.8, 4) is 0 Å². The van der Waals surface area contributed by atoms with Crippen molar-refractivity contribution in [2.75, 3.05) is 6.54 Å². The summed E-state index contributed by atoms with van der Waals surface area (Å²) in [7, 11) is 0. The Morgan fingerprint density at radius 1 is 1.21 bits per heavy atom. The zero-order chi connectivity index (χ0) is 11.4. The van der Waals surface area contributed by atoms with Crippen LogP contribution in [0.15, 0.2) is 9.98 Å². The third-order valence-corrected chi connectivity index (χ3v) is 1.19. The number of rotatable bonds is 2. The molecule has 0 unspecified atom stereocenters. The average Bonchev–Trinajstić information content (AvgIpc) is 1.96. The number of alkyl halides is 3. The van der Waals surface area contributed by atoms with Gasteiger partial charge in [0.1, 0.15) is 11.5 Å². The maximum Gasteiger partial charge on any atom is 0.430 e. The van der Waals surface area contributed by atoms with E-state index in [9.17, 15) is 13.2 Å². The minimum Gasteiger partial charge on any atom is -0.299 e. The van der Waals surface area contributed by atoms with Crippen LogP contribution in [0.4, 0.5) is 13.2 Å². The summed E-state index contributed by atoms with van der Waals surface area (Å²) in [6.07, 6.45) is -4.59. The Bertz CT molecular complexity index is 272. The standard InChI is InChI=1S/C8H12F3N3/c1-5(2)14-6(3)13-4-7(12)8(9,10)11/h12H,4H2,1-3H3. The molecule has 0 aliphatic heterocycles.